The van der Waals surface area contributed by atoms with Gasteiger partial charge >= 0.3 is 0 Å². The average Bonchev–Trinajstić information content (AvgIpc) is 2.67. The molecule has 3 aromatic rings. The molecule has 5 heteroatoms. The quantitative estimate of drug-likeness (QED) is 0.297. The standard InChI is InChI=1S/C20H17N3O2/c21-23-20(25)18(22-19(24)15-8-2-1-3-9-15)13-16-11-6-10-14-7-4-5-12-17(14)16/h1-13H,21H2,(H,22,24)(H,23,25)/b18-13-. The lowest BCUT2D eigenvalue weighted by molar-refractivity contribution is -0.117. The summed E-state index contributed by atoms with van der Waals surface area (Å²) in [7, 11) is 0. The van der Waals surface area contributed by atoms with Crippen LogP contribution >= 0.6 is 0 Å². The van der Waals surface area contributed by atoms with Gasteiger partial charge in [0.1, 0.15) is 5.70 Å². The van der Waals surface area contributed by atoms with Crippen LogP contribution in [0.1, 0.15) is 15.9 Å². The molecule has 0 aromatic heterocycles. The lowest BCUT2D eigenvalue weighted by Gasteiger charge is -2.10. The van der Waals surface area contributed by atoms with Gasteiger partial charge in [-0.05, 0) is 34.5 Å². The SMILES string of the molecule is NNC(=O)/C(=C/c1cccc2ccccc12)NC(=O)c1ccccc1. The van der Waals surface area contributed by atoms with Gasteiger partial charge in [0.05, 0.1) is 0 Å². The normalized spacial score (nSPS) is 11.2. The molecule has 124 valence electrons. The molecule has 5 nitrogen and oxygen atoms in total. The molecule has 4 N–H and O–H groups in total. The topological polar surface area (TPSA) is 84.2 Å². The number of hydrazine groups is 1. The molecule has 0 bridgehead atoms. The van der Waals surface area contributed by atoms with Gasteiger partial charge in [-0.2, -0.15) is 0 Å². The fraction of sp³-hybridized carbons (Fsp3) is 0. The van der Waals surface area contributed by atoms with Crippen LogP contribution < -0.4 is 16.6 Å². The van der Waals surface area contributed by atoms with Gasteiger partial charge in [0.2, 0.25) is 0 Å². The summed E-state index contributed by atoms with van der Waals surface area (Å²) in [6.07, 6.45) is 1.62. The van der Waals surface area contributed by atoms with Gasteiger partial charge in [-0.15, -0.1) is 0 Å². The number of carbonyl (C=O) groups excluding carboxylic acids is 2. The highest BCUT2D eigenvalue weighted by atomic mass is 16.2. The molecule has 25 heavy (non-hydrogen) atoms. The second kappa shape index (κ2) is 7.42. The fourth-order valence-corrected chi connectivity index (χ4v) is 2.55. The number of fused-ring (bicyclic) bond motifs is 1. The summed E-state index contributed by atoms with van der Waals surface area (Å²) in [4.78, 5) is 24.5. The second-order valence-electron chi connectivity index (χ2n) is 5.42. The maximum absolute atomic E-state index is 12.4. The largest absolute Gasteiger partial charge is 0.317 e. The van der Waals surface area contributed by atoms with E-state index in [0.717, 1.165) is 16.3 Å². The van der Waals surface area contributed by atoms with Crippen molar-refractivity contribution >= 4 is 28.7 Å². The molecule has 3 rings (SSSR count). The lowest BCUT2D eigenvalue weighted by atomic mass is 10.0. The first kappa shape index (κ1) is 16.4. The Morgan fingerprint density at radius 3 is 2.28 bits per heavy atom. The van der Waals surface area contributed by atoms with Gasteiger partial charge in [-0.25, -0.2) is 5.84 Å². The molecule has 0 saturated heterocycles. The van der Waals surface area contributed by atoms with Crippen molar-refractivity contribution in [1.82, 2.24) is 10.7 Å². The maximum atomic E-state index is 12.4. The van der Waals surface area contributed by atoms with Gasteiger partial charge < -0.3 is 5.32 Å². The molecule has 0 aliphatic heterocycles. The van der Waals surface area contributed by atoms with E-state index in [1.165, 1.54) is 0 Å². The molecule has 0 aliphatic rings. The molecule has 0 fully saturated rings. The van der Waals surface area contributed by atoms with Crippen LogP contribution in [-0.4, -0.2) is 11.8 Å². The van der Waals surface area contributed by atoms with Crippen molar-refractivity contribution in [2.24, 2.45) is 5.84 Å². The predicted octanol–water partition coefficient (Wildman–Crippen LogP) is 2.60. The smallest absolute Gasteiger partial charge is 0.281 e. The van der Waals surface area contributed by atoms with E-state index in [1.54, 1.807) is 30.3 Å². The van der Waals surface area contributed by atoms with Crippen LogP contribution in [0.4, 0.5) is 0 Å². The first-order chi connectivity index (χ1) is 12.2. The second-order valence-corrected chi connectivity index (χ2v) is 5.42. The third-order valence-electron chi connectivity index (χ3n) is 3.78. The van der Waals surface area contributed by atoms with Crippen LogP contribution in [0, 0.1) is 0 Å². The van der Waals surface area contributed by atoms with Crippen molar-refractivity contribution in [1.29, 1.82) is 0 Å². The first-order valence-electron chi connectivity index (χ1n) is 7.76. The van der Waals surface area contributed by atoms with Gasteiger partial charge in [0, 0.05) is 5.56 Å². The van der Waals surface area contributed by atoms with E-state index in [1.807, 2.05) is 48.5 Å². The number of hydrogen-bond acceptors (Lipinski definition) is 3. The molecule has 0 saturated carbocycles. The van der Waals surface area contributed by atoms with E-state index in [0.29, 0.717) is 5.56 Å². The number of benzene rings is 3. The summed E-state index contributed by atoms with van der Waals surface area (Å²) in [5.41, 5.74) is 3.41. The molecule has 0 atom stereocenters. The molecule has 0 heterocycles. The number of carbonyl (C=O) groups is 2. The summed E-state index contributed by atoms with van der Waals surface area (Å²) in [5.74, 6) is 4.31. The van der Waals surface area contributed by atoms with E-state index in [2.05, 4.69) is 10.7 Å². The van der Waals surface area contributed by atoms with Crippen LogP contribution in [0.15, 0.2) is 78.5 Å². The summed E-state index contributed by atoms with van der Waals surface area (Å²) >= 11 is 0. The fourth-order valence-electron chi connectivity index (χ4n) is 2.55. The zero-order chi connectivity index (χ0) is 17.6. The van der Waals surface area contributed by atoms with Gasteiger partial charge in [-0.1, -0.05) is 60.7 Å². The minimum Gasteiger partial charge on any atom is -0.317 e. The van der Waals surface area contributed by atoms with Crippen LogP contribution in [0.2, 0.25) is 0 Å². The maximum Gasteiger partial charge on any atom is 0.281 e. The van der Waals surface area contributed by atoms with Crippen LogP contribution in [-0.2, 0) is 4.79 Å². The van der Waals surface area contributed by atoms with E-state index in [-0.39, 0.29) is 11.6 Å². The van der Waals surface area contributed by atoms with Crippen LogP contribution in [0.25, 0.3) is 16.8 Å². The van der Waals surface area contributed by atoms with Crippen LogP contribution in [0.3, 0.4) is 0 Å². The zero-order valence-corrected chi connectivity index (χ0v) is 13.4. The number of nitrogens with two attached hydrogens (primary N) is 1. The highest BCUT2D eigenvalue weighted by Gasteiger charge is 2.14. The monoisotopic (exact) mass is 331 g/mol. The Morgan fingerprint density at radius 2 is 1.52 bits per heavy atom. The summed E-state index contributed by atoms with van der Waals surface area (Å²) in [5, 5.41) is 4.64. The number of nitrogens with one attached hydrogen (secondary N) is 2. The minimum atomic E-state index is -0.572. The summed E-state index contributed by atoms with van der Waals surface area (Å²) in [6, 6.07) is 22.2. The van der Waals surface area contributed by atoms with Crippen molar-refractivity contribution in [2.45, 2.75) is 0 Å². The van der Waals surface area contributed by atoms with Crippen LogP contribution in [0.5, 0.6) is 0 Å². The van der Waals surface area contributed by atoms with Crippen molar-refractivity contribution in [2.75, 3.05) is 0 Å². The molecule has 0 aliphatic carbocycles. The lowest BCUT2D eigenvalue weighted by Crippen LogP contribution is -2.38. The third kappa shape index (κ3) is 3.73. The number of rotatable bonds is 4. The van der Waals surface area contributed by atoms with Gasteiger partial charge in [0.25, 0.3) is 11.8 Å². The van der Waals surface area contributed by atoms with Crippen molar-refractivity contribution in [3.8, 4) is 0 Å². The third-order valence-corrected chi connectivity index (χ3v) is 3.78. The molecule has 0 unspecified atom stereocenters. The van der Waals surface area contributed by atoms with Gasteiger partial charge in [0.15, 0.2) is 0 Å². The summed E-state index contributed by atoms with van der Waals surface area (Å²) < 4.78 is 0. The minimum absolute atomic E-state index is 0.0766. The molecule has 0 spiro atoms. The van der Waals surface area contributed by atoms with Crippen molar-refractivity contribution in [3.63, 3.8) is 0 Å². The van der Waals surface area contributed by atoms with Crippen molar-refractivity contribution < 1.29 is 9.59 Å². The Hall–Kier alpha value is -3.44. The first-order valence-corrected chi connectivity index (χ1v) is 7.76. The number of hydrogen-bond donors (Lipinski definition) is 3. The van der Waals surface area contributed by atoms with E-state index in [9.17, 15) is 9.59 Å². The van der Waals surface area contributed by atoms with E-state index < -0.39 is 5.91 Å². The zero-order valence-electron chi connectivity index (χ0n) is 13.4. The molecule has 0 radical (unpaired) electrons. The van der Waals surface area contributed by atoms with Gasteiger partial charge in [-0.3, -0.25) is 15.0 Å². The Labute approximate surface area is 145 Å². The Morgan fingerprint density at radius 1 is 0.840 bits per heavy atom. The predicted molar refractivity (Wildman–Crippen MR) is 98.2 cm³/mol. The molecule has 3 aromatic carbocycles. The molecule has 2 amide bonds. The number of amides is 2. The Kier molecular flexibility index (Phi) is 4.87. The van der Waals surface area contributed by atoms with E-state index >= 15 is 0 Å². The highest BCUT2D eigenvalue weighted by molar-refractivity contribution is 6.06. The average molecular weight is 331 g/mol. The Bertz CT molecular complexity index is 944. The molecular formula is C20H17N3O2. The highest BCUT2D eigenvalue weighted by Crippen LogP contribution is 2.20. The van der Waals surface area contributed by atoms with E-state index in [4.69, 9.17) is 5.84 Å². The summed E-state index contributed by atoms with van der Waals surface area (Å²) in [6.45, 7) is 0. The molecular weight excluding hydrogens is 314 g/mol. The van der Waals surface area contributed by atoms with Crippen molar-refractivity contribution in [3.05, 3.63) is 89.6 Å². The Balaban J connectivity index is 1.99.